The Morgan fingerprint density at radius 1 is 0.929 bits per heavy atom. The van der Waals surface area contributed by atoms with Crippen molar-refractivity contribution in [1.82, 2.24) is 9.80 Å². The molecule has 0 unspecified atom stereocenters. The van der Waals surface area contributed by atoms with Crippen LogP contribution < -0.4 is 4.90 Å². The van der Waals surface area contributed by atoms with Crippen LogP contribution in [0.4, 0.5) is 5.69 Å². The van der Waals surface area contributed by atoms with E-state index in [0.717, 1.165) is 54.6 Å². The van der Waals surface area contributed by atoms with Gasteiger partial charge in [0.05, 0.1) is 6.54 Å². The van der Waals surface area contributed by atoms with E-state index >= 15 is 0 Å². The summed E-state index contributed by atoms with van der Waals surface area (Å²) in [4.78, 5) is 32.4. The largest absolute Gasteiger partial charge is 0.368 e. The van der Waals surface area contributed by atoms with Gasteiger partial charge in [-0.25, -0.2) is 0 Å². The maximum atomic E-state index is 13.2. The fraction of sp³-hybridized carbons (Fsp3) is 0.304. The van der Waals surface area contributed by atoms with Crippen LogP contribution in [0.3, 0.4) is 0 Å². The van der Waals surface area contributed by atoms with Gasteiger partial charge in [-0.05, 0) is 37.2 Å². The Morgan fingerprint density at radius 3 is 2.39 bits per heavy atom. The Bertz CT molecular complexity index is 1020. The van der Waals surface area contributed by atoms with Crippen molar-refractivity contribution >= 4 is 28.3 Å². The quantitative estimate of drug-likeness (QED) is 0.776. The highest BCUT2D eigenvalue weighted by Gasteiger charge is 2.34. The standard InChI is InChI=1S/C23H23N3O2/c1-24-11-13-25(14-12-24)20-10-9-19-21-17(20)7-4-8-18(21)22(27)26(23(19)28)15-16-5-2-3-6-16/h2-5,7-10H,6,11-15H2,1H3. The molecule has 1 aliphatic carbocycles. The molecule has 5 heteroatoms. The lowest BCUT2D eigenvalue weighted by atomic mass is 9.92. The molecule has 2 aromatic carbocycles. The summed E-state index contributed by atoms with van der Waals surface area (Å²) in [6.07, 6.45) is 6.82. The molecule has 0 bridgehead atoms. The minimum absolute atomic E-state index is 0.188. The third kappa shape index (κ3) is 2.66. The summed E-state index contributed by atoms with van der Waals surface area (Å²) in [5, 5.41) is 1.81. The summed E-state index contributed by atoms with van der Waals surface area (Å²) in [6, 6.07) is 9.78. The lowest BCUT2D eigenvalue weighted by Gasteiger charge is -2.35. The summed E-state index contributed by atoms with van der Waals surface area (Å²) >= 11 is 0. The van der Waals surface area contributed by atoms with Crippen molar-refractivity contribution in [1.29, 1.82) is 0 Å². The highest BCUT2D eigenvalue weighted by molar-refractivity contribution is 6.26. The van der Waals surface area contributed by atoms with Gasteiger partial charge in [0.1, 0.15) is 0 Å². The smallest absolute Gasteiger partial charge is 0.261 e. The Labute approximate surface area is 164 Å². The second-order valence-corrected chi connectivity index (χ2v) is 7.80. The first-order valence-corrected chi connectivity index (χ1v) is 9.83. The van der Waals surface area contributed by atoms with E-state index in [9.17, 15) is 9.59 Å². The zero-order valence-corrected chi connectivity index (χ0v) is 16.0. The molecule has 0 radical (unpaired) electrons. The van der Waals surface area contributed by atoms with Gasteiger partial charge in [-0.2, -0.15) is 0 Å². The summed E-state index contributed by atoms with van der Waals surface area (Å²) in [6.45, 7) is 4.28. The third-order valence-corrected chi connectivity index (χ3v) is 6.02. The summed E-state index contributed by atoms with van der Waals surface area (Å²) in [7, 11) is 2.14. The van der Waals surface area contributed by atoms with Gasteiger partial charge in [-0.15, -0.1) is 0 Å². The molecular weight excluding hydrogens is 350 g/mol. The average Bonchev–Trinajstić information content (AvgIpc) is 3.23. The second kappa shape index (κ2) is 6.60. The number of rotatable bonds is 3. The van der Waals surface area contributed by atoms with Crippen molar-refractivity contribution in [2.24, 2.45) is 0 Å². The number of hydrogen-bond donors (Lipinski definition) is 0. The molecule has 0 spiro atoms. The third-order valence-electron chi connectivity index (χ3n) is 6.02. The summed E-state index contributed by atoms with van der Waals surface area (Å²) < 4.78 is 0. The van der Waals surface area contributed by atoms with Crippen molar-refractivity contribution in [3.63, 3.8) is 0 Å². The number of carbonyl (C=O) groups excluding carboxylic acids is 2. The summed E-state index contributed by atoms with van der Waals surface area (Å²) in [5.74, 6) is -0.377. The molecule has 0 atom stereocenters. The highest BCUT2D eigenvalue weighted by Crippen LogP contribution is 2.36. The van der Waals surface area contributed by atoms with Crippen LogP contribution >= 0.6 is 0 Å². The summed E-state index contributed by atoms with van der Waals surface area (Å²) in [5.41, 5.74) is 3.47. The first-order valence-electron chi connectivity index (χ1n) is 9.83. The molecule has 0 aromatic heterocycles. The minimum Gasteiger partial charge on any atom is -0.368 e. The molecule has 5 rings (SSSR count). The minimum atomic E-state index is -0.188. The van der Waals surface area contributed by atoms with Crippen LogP contribution in [0, 0.1) is 0 Å². The van der Waals surface area contributed by atoms with Crippen LogP contribution in [0.25, 0.3) is 10.8 Å². The molecule has 28 heavy (non-hydrogen) atoms. The van der Waals surface area contributed by atoms with Gasteiger partial charge in [0, 0.05) is 53.8 Å². The number of nitrogens with zero attached hydrogens (tertiary/aromatic N) is 3. The SMILES string of the molecule is CN1CCN(c2ccc3c4c(cccc24)C(=O)N(CC2=CC=CC2)C3=O)CC1. The van der Waals surface area contributed by atoms with Gasteiger partial charge < -0.3 is 9.80 Å². The normalized spacial score (nSPS) is 19.7. The fourth-order valence-corrected chi connectivity index (χ4v) is 4.41. The van der Waals surface area contributed by atoms with Crippen LogP contribution in [-0.4, -0.2) is 61.4 Å². The van der Waals surface area contributed by atoms with Crippen molar-refractivity contribution in [2.75, 3.05) is 44.7 Å². The van der Waals surface area contributed by atoms with Gasteiger partial charge in [0.25, 0.3) is 11.8 Å². The number of benzene rings is 2. The van der Waals surface area contributed by atoms with Crippen molar-refractivity contribution < 1.29 is 9.59 Å². The van der Waals surface area contributed by atoms with Crippen molar-refractivity contribution in [2.45, 2.75) is 6.42 Å². The molecule has 0 saturated carbocycles. The molecular formula is C23H23N3O2. The number of carbonyl (C=O) groups is 2. The zero-order valence-electron chi connectivity index (χ0n) is 16.0. The van der Waals surface area contributed by atoms with E-state index in [4.69, 9.17) is 0 Å². The monoisotopic (exact) mass is 373 g/mol. The molecule has 2 amide bonds. The molecule has 5 nitrogen and oxygen atoms in total. The molecule has 2 aromatic rings. The lowest BCUT2D eigenvalue weighted by Crippen LogP contribution is -2.45. The molecule has 142 valence electrons. The first-order chi connectivity index (χ1) is 13.6. The van der Waals surface area contributed by atoms with E-state index in [0.29, 0.717) is 17.7 Å². The number of anilines is 1. The van der Waals surface area contributed by atoms with E-state index in [2.05, 4.69) is 22.9 Å². The molecule has 2 aliphatic heterocycles. The average molecular weight is 373 g/mol. The number of imide groups is 1. The van der Waals surface area contributed by atoms with E-state index < -0.39 is 0 Å². The van der Waals surface area contributed by atoms with Gasteiger partial charge in [0.2, 0.25) is 0 Å². The molecule has 0 N–H and O–H groups in total. The van der Waals surface area contributed by atoms with E-state index in [-0.39, 0.29) is 11.8 Å². The number of allylic oxidation sites excluding steroid dienone is 3. The fourth-order valence-electron chi connectivity index (χ4n) is 4.41. The van der Waals surface area contributed by atoms with Crippen molar-refractivity contribution in [3.05, 3.63) is 65.3 Å². The number of piperazine rings is 1. The predicted octanol–water partition coefficient (Wildman–Crippen LogP) is 3.07. The Kier molecular flexibility index (Phi) is 4.05. The molecule has 2 heterocycles. The first kappa shape index (κ1) is 17.2. The van der Waals surface area contributed by atoms with E-state index in [1.54, 1.807) is 0 Å². The van der Waals surface area contributed by atoms with Gasteiger partial charge >= 0.3 is 0 Å². The maximum Gasteiger partial charge on any atom is 0.261 e. The number of amides is 2. The Balaban J connectivity index is 1.58. The molecule has 1 fully saturated rings. The lowest BCUT2D eigenvalue weighted by molar-refractivity contribution is 0.0624. The van der Waals surface area contributed by atoms with Gasteiger partial charge in [-0.3, -0.25) is 14.5 Å². The Morgan fingerprint density at radius 2 is 1.68 bits per heavy atom. The van der Waals surface area contributed by atoms with Crippen LogP contribution in [0.2, 0.25) is 0 Å². The predicted molar refractivity (Wildman–Crippen MR) is 111 cm³/mol. The van der Waals surface area contributed by atoms with Crippen molar-refractivity contribution in [3.8, 4) is 0 Å². The van der Waals surface area contributed by atoms with Crippen LogP contribution in [0.1, 0.15) is 27.1 Å². The van der Waals surface area contributed by atoms with Crippen LogP contribution in [0.15, 0.2) is 54.1 Å². The topological polar surface area (TPSA) is 43.9 Å². The van der Waals surface area contributed by atoms with E-state index in [1.165, 1.54) is 4.90 Å². The van der Waals surface area contributed by atoms with E-state index in [1.807, 2.05) is 42.5 Å². The maximum absolute atomic E-state index is 13.2. The molecule has 3 aliphatic rings. The van der Waals surface area contributed by atoms with Crippen LogP contribution in [0.5, 0.6) is 0 Å². The molecule has 1 saturated heterocycles. The van der Waals surface area contributed by atoms with Gasteiger partial charge in [0.15, 0.2) is 0 Å². The highest BCUT2D eigenvalue weighted by atomic mass is 16.2. The number of hydrogen-bond acceptors (Lipinski definition) is 4. The number of likely N-dealkylation sites (N-methyl/N-ethyl adjacent to an activating group) is 1. The van der Waals surface area contributed by atoms with Crippen LogP contribution in [-0.2, 0) is 0 Å². The Hall–Kier alpha value is -2.92. The van der Waals surface area contributed by atoms with Gasteiger partial charge in [-0.1, -0.05) is 30.4 Å². The second-order valence-electron chi connectivity index (χ2n) is 7.80. The zero-order chi connectivity index (χ0) is 19.3.